The number of hydrogen-bond acceptors (Lipinski definition) is 4. The molecule has 0 aliphatic carbocycles. The standard InChI is InChI=1S/C23H19ClF3N3O2/c24-19-12-16(23(25,26)27)6-7-18(19)22(31)29-20-13-17(30-8-10-32-11-9-30)14-28-21(20)15-4-2-1-3-5-15/h1-7,12-14H,8-11H2,(H,29,31). The van der Waals surface area contributed by atoms with Crippen LogP contribution in [0.25, 0.3) is 11.3 Å². The molecule has 2 heterocycles. The van der Waals surface area contributed by atoms with Crippen molar-refractivity contribution in [3.05, 3.63) is 76.9 Å². The lowest BCUT2D eigenvalue weighted by Crippen LogP contribution is -2.36. The Labute approximate surface area is 187 Å². The molecule has 5 nitrogen and oxygen atoms in total. The van der Waals surface area contributed by atoms with Gasteiger partial charge in [0.25, 0.3) is 5.91 Å². The molecule has 1 aromatic heterocycles. The first-order chi connectivity index (χ1) is 15.3. The minimum Gasteiger partial charge on any atom is -0.378 e. The van der Waals surface area contributed by atoms with E-state index in [-0.39, 0.29) is 10.6 Å². The van der Waals surface area contributed by atoms with E-state index in [1.54, 1.807) is 12.3 Å². The summed E-state index contributed by atoms with van der Waals surface area (Å²) in [6.07, 6.45) is -2.82. The van der Waals surface area contributed by atoms with E-state index < -0.39 is 17.6 Å². The van der Waals surface area contributed by atoms with Gasteiger partial charge in [-0.2, -0.15) is 13.2 Å². The number of halogens is 4. The predicted octanol–water partition coefficient (Wildman–Crippen LogP) is 5.51. The number of nitrogens with zero attached hydrogens (tertiary/aromatic N) is 2. The second kappa shape index (κ2) is 9.18. The SMILES string of the molecule is O=C(Nc1cc(N2CCOCC2)cnc1-c1ccccc1)c1ccc(C(F)(F)F)cc1Cl. The van der Waals surface area contributed by atoms with Gasteiger partial charge < -0.3 is 15.0 Å². The third-order valence-electron chi connectivity index (χ3n) is 5.09. The smallest absolute Gasteiger partial charge is 0.378 e. The van der Waals surface area contributed by atoms with E-state index in [0.717, 1.165) is 29.4 Å². The average molecular weight is 462 g/mol. The quantitative estimate of drug-likeness (QED) is 0.556. The molecule has 1 aliphatic heterocycles. The van der Waals surface area contributed by atoms with Gasteiger partial charge >= 0.3 is 6.18 Å². The number of nitrogens with one attached hydrogen (secondary N) is 1. The molecule has 0 bridgehead atoms. The zero-order valence-corrected chi connectivity index (χ0v) is 17.6. The first-order valence-electron chi connectivity index (χ1n) is 9.89. The number of pyridine rings is 1. The van der Waals surface area contributed by atoms with Crippen LogP contribution in [0.15, 0.2) is 60.8 Å². The molecule has 1 fully saturated rings. The average Bonchev–Trinajstić information content (AvgIpc) is 2.79. The van der Waals surface area contributed by atoms with E-state index in [1.165, 1.54) is 0 Å². The minimum atomic E-state index is -4.55. The lowest BCUT2D eigenvalue weighted by molar-refractivity contribution is -0.137. The highest BCUT2D eigenvalue weighted by atomic mass is 35.5. The van der Waals surface area contributed by atoms with Gasteiger partial charge in [0.2, 0.25) is 0 Å². The molecule has 166 valence electrons. The number of anilines is 2. The highest BCUT2D eigenvalue weighted by molar-refractivity contribution is 6.34. The van der Waals surface area contributed by atoms with Crippen LogP contribution in [-0.4, -0.2) is 37.2 Å². The molecule has 9 heteroatoms. The van der Waals surface area contributed by atoms with Crippen molar-refractivity contribution in [3.63, 3.8) is 0 Å². The summed E-state index contributed by atoms with van der Waals surface area (Å²) in [6.45, 7) is 2.54. The van der Waals surface area contributed by atoms with Gasteiger partial charge in [-0.15, -0.1) is 0 Å². The molecule has 0 unspecified atom stereocenters. The van der Waals surface area contributed by atoms with Crippen LogP contribution in [0.3, 0.4) is 0 Å². The van der Waals surface area contributed by atoms with Crippen LogP contribution >= 0.6 is 11.6 Å². The highest BCUT2D eigenvalue weighted by Crippen LogP contribution is 2.34. The van der Waals surface area contributed by atoms with Crippen molar-refractivity contribution in [2.75, 3.05) is 36.5 Å². The summed E-state index contributed by atoms with van der Waals surface area (Å²) in [5.41, 5.74) is 1.59. The van der Waals surface area contributed by atoms with Crippen LogP contribution in [0.2, 0.25) is 5.02 Å². The van der Waals surface area contributed by atoms with Crippen LogP contribution in [0, 0.1) is 0 Å². The number of morpholine rings is 1. The van der Waals surface area contributed by atoms with Crippen molar-refractivity contribution in [1.82, 2.24) is 4.98 Å². The van der Waals surface area contributed by atoms with E-state index >= 15 is 0 Å². The van der Waals surface area contributed by atoms with Crippen molar-refractivity contribution in [3.8, 4) is 11.3 Å². The second-order valence-corrected chi connectivity index (χ2v) is 7.61. The summed E-state index contributed by atoms with van der Waals surface area (Å²) in [5, 5.41) is 2.50. The summed E-state index contributed by atoms with van der Waals surface area (Å²) in [4.78, 5) is 19.6. The lowest BCUT2D eigenvalue weighted by atomic mass is 10.1. The maximum atomic E-state index is 12.9. The number of amides is 1. The van der Waals surface area contributed by atoms with Crippen molar-refractivity contribution in [2.45, 2.75) is 6.18 Å². The van der Waals surface area contributed by atoms with Crippen LogP contribution in [-0.2, 0) is 10.9 Å². The summed E-state index contributed by atoms with van der Waals surface area (Å²) in [5.74, 6) is -0.623. The normalized spacial score (nSPS) is 14.3. The Morgan fingerprint density at radius 1 is 1.06 bits per heavy atom. The Morgan fingerprint density at radius 2 is 1.78 bits per heavy atom. The van der Waals surface area contributed by atoms with Crippen molar-refractivity contribution in [1.29, 1.82) is 0 Å². The number of hydrogen-bond donors (Lipinski definition) is 1. The molecule has 2 aromatic carbocycles. The molecule has 1 aliphatic rings. The number of ether oxygens (including phenoxy) is 1. The first-order valence-corrected chi connectivity index (χ1v) is 10.3. The number of aromatic nitrogens is 1. The molecular formula is C23H19ClF3N3O2. The lowest BCUT2D eigenvalue weighted by Gasteiger charge is -2.29. The Morgan fingerprint density at radius 3 is 2.44 bits per heavy atom. The van der Waals surface area contributed by atoms with Gasteiger partial charge in [0.05, 0.1) is 52.6 Å². The Balaban J connectivity index is 1.68. The van der Waals surface area contributed by atoms with E-state index in [4.69, 9.17) is 16.3 Å². The molecular weight excluding hydrogens is 443 g/mol. The molecule has 0 saturated carbocycles. The van der Waals surface area contributed by atoms with E-state index in [0.29, 0.717) is 37.7 Å². The maximum absolute atomic E-state index is 12.9. The summed E-state index contributed by atoms with van der Waals surface area (Å²) < 4.78 is 44.2. The Hall–Kier alpha value is -3.10. The zero-order chi connectivity index (χ0) is 22.7. The topological polar surface area (TPSA) is 54.5 Å². The predicted molar refractivity (Wildman–Crippen MR) is 117 cm³/mol. The zero-order valence-electron chi connectivity index (χ0n) is 16.8. The van der Waals surface area contributed by atoms with E-state index in [9.17, 15) is 18.0 Å². The minimum absolute atomic E-state index is 0.0598. The van der Waals surface area contributed by atoms with E-state index in [2.05, 4.69) is 15.2 Å². The fraction of sp³-hybridized carbons (Fsp3) is 0.217. The fourth-order valence-electron chi connectivity index (χ4n) is 3.43. The summed E-state index contributed by atoms with van der Waals surface area (Å²) in [6, 6.07) is 13.7. The fourth-order valence-corrected chi connectivity index (χ4v) is 3.70. The number of rotatable bonds is 4. The molecule has 1 saturated heterocycles. The van der Waals surface area contributed by atoms with Gasteiger partial charge in [-0.1, -0.05) is 41.9 Å². The monoisotopic (exact) mass is 461 g/mol. The van der Waals surface area contributed by atoms with Crippen molar-refractivity contribution < 1.29 is 22.7 Å². The Bertz CT molecular complexity index is 1120. The molecule has 0 radical (unpaired) electrons. The van der Waals surface area contributed by atoms with E-state index in [1.807, 2.05) is 30.3 Å². The van der Waals surface area contributed by atoms with Gasteiger partial charge in [0.1, 0.15) is 0 Å². The third kappa shape index (κ3) is 4.87. The molecule has 32 heavy (non-hydrogen) atoms. The molecule has 3 aromatic rings. The Kier molecular flexibility index (Phi) is 6.34. The van der Waals surface area contributed by atoms with Crippen LogP contribution < -0.4 is 10.2 Å². The summed E-state index contributed by atoms with van der Waals surface area (Å²) in [7, 11) is 0. The van der Waals surface area contributed by atoms with Crippen molar-refractivity contribution >= 4 is 28.9 Å². The van der Waals surface area contributed by atoms with Gasteiger partial charge in [0, 0.05) is 18.7 Å². The van der Waals surface area contributed by atoms with Crippen molar-refractivity contribution in [2.24, 2.45) is 0 Å². The van der Waals surface area contributed by atoms with Gasteiger partial charge in [-0.05, 0) is 24.3 Å². The molecule has 0 spiro atoms. The van der Waals surface area contributed by atoms with Crippen LogP contribution in [0.4, 0.5) is 24.5 Å². The molecule has 4 rings (SSSR count). The molecule has 1 N–H and O–H groups in total. The largest absolute Gasteiger partial charge is 0.416 e. The highest BCUT2D eigenvalue weighted by Gasteiger charge is 2.31. The van der Waals surface area contributed by atoms with Gasteiger partial charge in [-0.25, -0.2) is 0 Å². The second-order valence-electron chi connectivity index (χ2n) is 7.20. The van der Waals surface area contributed by atoms with Gasteiger partial charge in [-0.3, -0.25) is 9.78 Å². The van der Waals surface area contributed by atoms with Gasteiger partial charge in [0.15, 0.2) is 0 Å². The molecule has 1 amide bonds. The number of carbonyl (C=O) groups is 1. The first kappa shape index (κ1) is 22.1. The molecule has 0 atom stereocenters. The third-order valence-corrected chi connectivity index (χ3v) is 5.40. The van der Waals surface area contributed by atoms with Crippen LogP contribution in [0.1, 0.15) is 15.9 Å². The maximum Gasteiger partial charge on any atom is 0.416 e. The number of carbonyl (C=O) groups excluding carboxylic acids is 1. The van der Waals surface area contributed by atoms with Crippen LogP contribution in [0.5, 0.6) is 0 Å². The summed E-state index contributed by atoms with van der Waals surface area (Å²) >= 11 is 6.01. The number of alkyl halides is 3. The number of benzene rings is 2.